The number of oxime groups is 1. The number of allylic oxidation sites excluding steroid dienone is 1. The average Bonchev–Trinajstić information content (AvgIpc) is 3.40. The molecule has 138 valence electrons. The van der Waals surface area contributed by atoms with Crippen LogP contribution in [0.15, 0.2) is 46.3 Å². The lowest BCUT2D eigenvalue weighted by Gasteiger charge is -2.32. The van der Waals surface area contributed by atoms with E-state index in [0.717, 1.165) is 17.8 Å². The fourth-order valence-electron chi connectivity index (χ4n) is 4.08. The number of hydrogen-bond donors (Lipinski definition) is 1. The molecule has 0 radical (unpaired) electrons. The maximum atomic E-state index is 5.15. The van der Waals surface area contributed by atoms with Crippen molar-refractivity contribution in [2.75, 3.05) is 7.11 Å². The van der Waals surface area contributed by atoms with Gasteiger partial charge in [0, 0.05) is 33.4 Å². The van der Waals surface area contributed by atoms with Crippen LogP contribution in [0.25, 0.3) is 6.08 Å². The average molecular weight is 396 g/mol. The van der Waals surface area contributed by atoms with Crippen molar-refractivity contribution in [1.29, 1.82) is 0 Å². The Kier molecular flexibility index (Phi) is 4.25. The Hall–Kier alpha value is -2.18. The lowest BCUT2D eigenvalue weighted by molar-refractivity contribution is 0.208. The number of aromatic amines is 1. The Morgan fingerprint density at radius 1 is 1.22 bits per heavy atom. The SMILES string of the molecule is CON=C(c1n[nH]c2c1C=CC(c1cccs1)(c1cccs1)C2)C1CCC1. The van der Waals surface area contributed by atoms with Crippen LogP contribution in [0.3, 0.4) is 0 Å². The van der Waals surface area contributed by atoms with Gasteiger partial charge in [-0.3, -0.25) is 5.10 Å². The molecular weight excluding hydrogens is 374 g/mol. The summed E-state index contributed by atoms with van der Waals surface area (Å²) >= 11 is 3.63. The predicted molar refractivity (Wildman–Crippen MR) is 112 cm³/mol. The largest absolute Gasteiger partial charge is 0.399 e. The van der Waals surface area contributed by atoms with Gasteiger partial charge in [-0.15, -0.1) is 22.7 Å². The first-order chi connectivity index (χ1) is 13.3. The summed E-state index contributed by atoms with van der Waals surface area (Å²) in [5.74, 6) is 0.465. The lowest BCUT2D eigenvalue weighted by Crippen LogP contribution is -2.29. The molecule has 4 nitrogen and oxygen atoms in total. The number of H-pyrrole nitrogens is 1. The third-order valence-electron chi connectivity index (χ3n) is 5.72. The minimum atomic E-state index is -0.117. The second kappa shape index (κ2) is 6.77. The zero-order valence-corrected chi connectivity index (χ0v) is 16.8. The van der Waals surface area contributed by atoms with E-state index < -0.39 is 0 Å². The van der Waals surface area contributed by atoms with Crippen LogP contribution in [0.2, 0.25) is 0 Å². The zero-order chi connectivity index (χ0) is 18.3. The molecule has 0 aromatic carbocycles. The Bertz CT molecular complexity index is 945. The van der Waals surface area contributed by atoms with Crippen LogP contribution in [0.5, 0.6) is 0 Å². The van der Waals surface area contributed by atoms with Gasteiger partial charge in [0.15, 0.2) is 0 Å². The molecule has 2 aliphatic rings. The fraction of sp³-hybridized carbons (Fsp3) is 0.333. The minimum Gasteiger partial charge on any atom is -0.399 e. The highest BCUT2D eigenvalue weighted by atomic mass is 32.1. The summed E-state index contributed by atoms with van der Waals surface area (Å²) < 4.78 is 0. The van der Waals surface area contributed by atoms with E-state index >= 15 is 0 Å². The normalized spacial score (nSPS) is 18.9. The summed E-state index contributed by atoms with van der Waals surface area (Å²) in [7, 11) is 1.62. The van der Waals surface area contributed by atoms with Crippen molar-refractivity contribution in [2.24, 2.45) is 11.1 Å². The van der Waals surface area contributed by atoms with E-state index in [9.17, 15) is 0 Å². The predicted octanol–water partition coefficient (Wildman–Crippen LogP) is 5.24. The maximum Gasteiger partial charge on any atom is 0.117 e. The van der Waals surface area contributed by atoms with Crippen molar-refractivity contribution in [3.8, 4) is 0 Å². The first-order valence-electron chi connectivity index (χ1n) is 9.27. The van der Waals surface area contributed by atoms with E-state index in [4.69, 9.17) is 4.84 Å². The molecule has 1 fully saturated rings. The van der Waals surface area contributed by atoms with Crippen LogP contribution in [0.1, 0.15) is 46.0 Å². The second-order valence-electron chi connectivity index (χ2n) is 7.19. The quantitative estimate of drug-likeness (QED) is 0.474. The van der Waals surface area contributed by atoms with Crippen LogP contribution in [-0.2, 0) is 16.7 Å². The first kappa shape index (κ1) is 17.0. The topological polar surface area (TPSA) is 50.3 Å². The van der Waals surface area contributed by atoms with Gasteiger partial charge < -0.3 is 4.84 Å². The van der Waals surface area contributed by atoms with Crippen LogP contribution >= 0.6 is 22.7 Å². The summed E-state index contributed by atoms with van der Waals surface area (Å²) in [5, 5.41) is 16.6. The molecule has 6 heteroatoms. The van der Waals surface area contributed by atoms with Gasteiger partial charge in [0.1, 0.15) is 18.5 Å². The van der Waals surface area contributed by atoms with Crippen LogP contribution < -0.4 is 0 Å². The number of nitrogens with zero attached hydrogens (tertiary/aromatic N) is 2. The molecule has 0 saturated heterocycles. The molecule has 1 N–H and O–H groups in total. The van der Waals surface area contributed by atoms with Crippen LogP contribution in [0.4, 0.5) is 0 Å². The van der Waals surface area contributed by atoms with Gasteiger partial charge in [-0.2, -0.15) is 5.10 Å². The number of aromatic nitrogens is 2. The Balaban J connectivity index is 1.59. The van der Waals surface area contributed by atoms with Gasteiger partial charge in [-0.25, -0.2) is 0 Å². The molecule has 0 aliphatic heterocycles. The van der Waals surface area contributed by atoms with Gasteiger partial charge in [0.25, 0.3) is 0 Å². The zero-order valence-electron chi connectivity index (χ0n) is 15.1. The molecule has 0 amide bonds. The third kappa shape index (κ3) is 2.70. The standard InChI is InChI=1S/C21H21N3OS2/c1-25-24-19(14-5-2-6-14)20-15-9-10-21(13-16(15)22-23-20,17-7-3-11-26-17)18-8-4-12-27-18/h3-4,7-12,14H,2,5-6,13H2,1H3,(H,22,23). The highest BCUT2D eigenvalue weighted by molar-refractivity contribution is 7.11. The van der Waals surface area contributed by atoms with Gasteiger partial charge in [-0.1, -0.05) is 35.9 Å². The number of nitrogens with one attached hydrogen (secondary N) is 1. The van der Waals surface area contributed by atoms with Gasteiger partial charge in [-0.05, 0) is 35.7 Å². The molecule has 5 rings (SSSR count). The van der Waals surface area contributed by atoms with Gasteiger partial charge in [0.2, 0.25) is 0 Å². The molecule has 0 unspecified atom stereocenters. The van der Waals surface area contributed by atoms with Crippen LogP contribution in [-0.4, -0.2) is 23.0 Å². The minimum absolute atomic E-state index is 0.117. The van der Waals surface area contributed by atoms with Crippen molar-refractivity contribution >= 4 is 34.5 Å². The highest BCUT2D eigenvalue weighted by Crippen LogP contribution is 2.45. The summed E-state index contributed by atoms with van der Waals surface area (Å²) in [6.45, 7) is 0. The monoisotopic (exact) mass is 395 g/mol. The smallest absolute Gasteiger partial charge is 0.117 e. The van der Waals surface area contributed by atoms with E-state index in [1.54, 1.807) is 7.11 Å². The summed E-state index contributed by atoms with van der Waals surface area (Å²) in [4.78, 5) is 7.88. The molecule has 0 bridgehead atoms. The van der Waals surface area contributed by atoms with Gasteiger partial charge >= 0.3 is 0 Å². The molecule has 3 heterocycles. The van der Waals surface area contributed by atoms with Crippen molar-refractivity contribution < 1.29 is 4.84 Å². The van der Waals surface area contributed by atoms with Crippen molar-refractivity contribution in [3.05, 3.63) is 67.8 Å². The summed E-state index contributed by atoms with van der Waals surface area (Å²) in [6, 6.07) is 8.75. The number of hydrogen-bond acceptors (Lipinski definition) is 5. The molecule has 1 saturated carbocycles. The number of fused-ring (bicyclic) bond motifs is 1. The molecule has 0 atom stereocenters. The molecule has 0 spiro atoms. The molecular formula is C21H21N3OS2. The first-order valence-corrected chi connectivity index (χ1v) is 11.0. The lowest BCUT2D eigenvalue weighted by atomic mass is 9.74. The van der Waals surface area contributed by atoms with E-state index in [-0.39, 0.29) is 5.41 Å². The van der Waals surface area contributed by atoms with E-state index in [1.807, 2.05) is 22.7 Å². The Morgan fingerprint density at radius 2 is 1.96 bits per heavy atom. The van der Waals surface area contributed by atoms with Crippen molar-refractivity contribution in [3.63, 3.8) is 0 Å². The highest BCUT2D eigenvalue weighted by Gasteiger charge is 2.39. The second-order valence-corrected chi connectivity index (χ2v) is 9.08. The fourth-order valence-corrected chi connectivity index (χ4v) is 5.98. The molecule has 3 aromatic heterocycles. The van der Waals surface area contributed by atoms with Crippen LogP contribution in [0, 0.1) is 5.92 Å². The van der Waals surface area contributed by atoms with Crippen molar-refractivity contribution in [2.45, 2.75) is 31.1 Å². The summed E-state index contributed by atoms with van der Waals surface area (Å²) in [5.41, 5.74) is 4.18. The maximum absolute atomic E-state index is 5.15. The molecule has 2 aliphatic carbocycles. The van der Waals surface area contributed by atoms with E-state index in [1.165, 1.54) is 40.3 Å². The van der Waals surface area contributed by atoms with E-state index in [2.05, 4.69) is 62.5 Å². The Morgan fingerprint density at radius 3 is 2.52 bits per heavy atom. The summed E-state index contributed by atoms with van der Waals surface area (Å²) in [6.07, 6.45) is 9.08. The molecule has 3 aromatic rings. The number of thiophene rings is 2. The third-order valence-corrected chi connectivity index (χ3v) is 7.81. The van der Waals surface area contributed by atoms with Crippen molar-refractivity contribution in [1.82, 2.24) is 10.2 Å². The van der Waals surface area contributed by atoms with Gasteiger partial charge in [0.05, 0.1) is 5.41 Å². The Labute approximate surface area is 166 Å². The molecule has 27 heavy (non-hydrogen) atoms. The van der Waals surface area contributed by atoms with E-state index in [0.29, 0.717) is 5.92 Å². The number of rotatable bonds is 5.